The van der Waals surface area contributed by atoms with E-state index >= 15 is 0 Å². The molecule has 0 rings (SSSR count). The van der Waals surface area contributed by atoms with Crippen LogP contribution in [0.3, 0.4) is 0 Å². The first-order valence-corrected chi connectivity index (χ1v) is 4.10. The number of amides is 1. The molecule has 3 N–H and O–H groups in total. The smallest absolute Gasteiger partial charge is 0.236 e. The zero-order chi connectivity index (χ0) is 9.98. The molecule has 0 aromatic heterocycles. The Balaban J connectivity index is 0. The predicted molar refractivity (Wildman–Crippen MR) is 51.7 cm³/mol. The molecule has 0 aliphatic rings. The lowest BCUT2D eigenvalue weighted by Gasteiger charge is -1.90. The lowest BCUT2D eigenvalue weighted by molar-refractivity contribution is -0.118. The maximum absolute atomic E-state index is 10.1. The first kappa shape index (κ1) is 13.5. The maximum Gasteiger partial charge on any atom is 0.236 e. The van der Waals surface area contributed by atoms with Crippen molar-refractivity contribution in [3.8, 4) is 0 Å². The number of nitrogens with one attached hydrogen (secondary N) is 1. The number of hydrogen-bond acceptors (Lipinski definition) is 2. The summed E-state index contributed by atoms with van der Waals surface area (Å²) in [5, 5.41) is 3.42. The van der Waals surface area contributed by atoms with E-state index in [2.05, 4.69) is 24.4 Å². The largest absolute Gasteiger partial charge is 0.386 e. The van der Waals surface area contributed by atoms with Crippen molar-refractivity contribution in [2.24, 2.45) is 10.8 Å². The van der Waals surface area contributed by atoms with Gasteiger partial charge in [-0.15, -0.1) is 0 Å². The van der Waals surface area contributed by atoms with E-state index in [0.29, 0.717) is 5.84 Å². The number of rotatable bonds is 2. The summed E-state index contributed by atoms with van der Waals surface area (Å²) in [5.41, 5.74) is 7.24. The molecule has 0 atom stereocenters. The fraction of sp³-hybridized carbons (Fsp3) is 0.750. The van der Waals surface area contributed by atoms with E-state index in [0.717, 1.165) is 0 Å². The molecule has 0 aliphatic heterocycles. The van der Waals surface area contributed by atoms with Gasteiger partial charge in [0.2, 0.25) is 5.91 Å². The first-order chi connectivity index (χ1) is 5.54. The van der Waals surface area contributed by atoms with E-state index in [4.69, 9.17) is 5.73 Å². The number of amidine groups is 1. The zero-order valence-electron chi connectivity index (χ0n) is 8.35. The number of hydrazone groups is 1. The zero-order valence-corrected chi connectivity index (χ0v) is 8.35. The van der Waals surface area contributed by atoms with Crippen LogP contribution in [0.25, 0.3) is 0 Å². The van der Waals surface area contributed by atoms with Crippen LogP contribution in [0.4, 0.5) is 0 Å². The molecule has 0 radical (unpaired) electrons. The van der Waals surface area contributed by atoms with Crippen LogP contribution in [-0.2, 0) is 4.79 Å². The molecule has 0 saturated carbocycles. The summed E-state index contributed by atoms with van der Waals surface area (Å²) in [4.78, 5) is 10.1. The van der Waals surface area contributed by atoms with Crippen LogP contribution in [-0.4, -0.2) is 11.7 Å². The van der Waals surface area contributed by atoms with Crippen LogP contribution in [0.15, 0.2) is 5.10 Å². The minimum atomic E-state index is -0.213. The van der Waals surface area contributed by atoms with Gasteiger partial charge >= 0.3 is 0 Å². The third-order valence-corrected chi connectivity index (χ3v) is 0.890. The second-order valence-electron chi connectivity index (χ2n) is 2.42. The Morgan fingerprint density at radius 3 is 1.83 bits per heavy atom. The Labute approximate surface area is 74.2 Å². The molecule has 1 amide bonds. The molecule has 0 unspecified atom stereocenters. The Hall–Kier alpha value is -1.06. The lowest BCUT2D eigenvalue weighted by atomic mass is 10.4. The van der Waals surface area contributed by atoms with E-state index < -0.39 is 0 Å². The molecule has 0 aliphatic carbocycles. The molecule has 0 heterocycles. The van der Waals surface area contributed by atoms with Crippen molar-refractivity contribution >= 4 is 11.7 Å². The Morgan fingerprint density at radius 1 is 1.33 bits per heavy atom. The molecule has 0 saturated heterocycles. The topological polar surface area (TPSA) is 67.5 Å². The van der Waals surface area contributed by atoms with Gasteiger partial charge in [0.1, 0.15) is 5.84 Å². The number of nitrogens with zero attached hydrogens (tertiary/aromatic N) is 1. The Kier molecular flexibility index (Phi) is 11.2. The van der Waals surface area contributed by atoms with Gasteiger partial charge in [-0.05, 0) is 6.92 Å². The van der Waals surface area contributed by atoms with Crippen LogP contribution in [0.5, 0.6) is 0 Å². The number of carbonyl (C=O) groups excluding carboxylic acids is 1. The van der Waals surface area contributed by atoms with Crippen LogP contribution in [0, 0.1) is 0 Å². The van der Waals surface area contributed by atoms with Crippen molar-refractivity contribution in [3.05, 3.63) is 0 Å². The highest BCUT2D eigenvalue weighted by Crippen LogP contribution is 1.76. The van der Waals surface area contributed by atoms with E-state index in [-0.39, 0.29) is 5.91 Å². The summed E-state index contributed by atoms with van der Waals surface area (Å²) in [6.07, 6.45) is 2.64. The van der Waals surface area contributed by atoms with Crippen LogP contribution < -0.4 is 11.2 Å². The molecule has 72 valence electrons. The first-order valence-electron chi connectivity index (χ1n) is 4.10. The summed E-state index contributed by atoms with van der Waals surface area (Å²) >= 11 is 0. The fourth-order valence-electron chi connectivity index (χ4n) is 0.167. The molecule has 0 fully saturated rings. The van der Waals surface area contributed by atoms with E-state index in [9.17, 15) is 4.79 Å². The van der Waals surface area contributed by atoms with Gasteiger partial charge in [-0.25, -0.2) is 5.43 Å². The Morgan fingerprint density at radius 2 is 1.75 bits per heavy atom. The molecule has 0 aromatic rings. The lowest BCUT2D eigenvalue weighted by Crippen LogP contribution is -2.18. The number of hydrogen-bond donors (Lipinski definition) is 2. The van der Waals surface area contributed by atoms with Crippen molar-refractivity contribution in [2.75, 3.05) is 0 Å². The average Bonchev–Trinajstić information content (AvgIpc) is 2.01. The summed E-state index contributed by atoms with van der Waals surface area (Å²) in [6.45, 7) is 7.32. The number of unbranched alkanes of at least 4 members (excludes halogenated alkanes) is 1. The van der Waals surface area contributed by atoms with E-state index in [1.54, 1.807) is 6.92 Å². The SMILES string of the molecule is CC(=O)NN=C(C)N.CCCC. The van der Waals surface area contributed by atoms with E-state index in [1.165, 1.54) is 19.8 Å². The molecular formula is C8H19N3O. The fourth-order valence-corrected chi connectivity index (χ4v) is 0.167. The van der Waals surface area contributed by atoms with Crippen molar-refractivity contribution in [2.45, 2.75) is 40.5 Å². The van der Waals surface area contributed by atoms with Crippen LogP contribution in [0.2, 0.25) is 0 Å². The second kappa shape index (κ2) is 9.94. The van der Waals surface area contributed by atoms with E-state index in [1.807, 2.05) is 0 Å². The van der Waals surface area contributed by atoms with Crippen LogP contribution >= 0.6 is 0 Å². The minimum absolute atomic E-state index is 0.213. The van der Waals surface area contributed by atoms with Gasteiger partial charge in [0, 0.05) is 6.92 Å². The summed E-state index contributed by atoms with van der Waals surface area (Å²) in [7, 11) is 0. The highest BCUT2D eigenvalue weighted by molar-refractivity contribution is 5.80. The van der Waals surface area contributed by atoms with Gasteiger partial charge in [0.05, 0.1) is 0 Å². The van der Waals surface area contributed by atoms with Gasteiger partial charge in [-0.1, -0.05) is 26.7 Å². The molecule has 0 spiro atoms. The highest BCUT2D eigenvalue weighted by Gasteiger charge is 1.82. The number of carbonyl (C=O) groups is 1. The minimum Gasteiger partial charge on any atom is -0.386 e. The summed E-state index contributed by atoms with van der Waals surface area (Å²) in [6, 6.07) is 0. The van der Waals surface area contributed by atoms with Crippen LogP contribution in [0.1, 0.15) is 40.5 Å². The molecule has 4 nitrogen and oxygen atoms in total. The third-order valence-electron chi connectivity index (χ3n) is 0.890. The van der Waals surface area contributed by atoms with Crippen molar-refractivity contribution in [1.82, 2.24) is 5.43 Å². The van der Waals surface area contributed by atoms with Gasteiger partial charge in [0.15, 0.2) is 0 Å². The molecule has 4 heteroatoms. The van der Waals surface area contributed by atoms with Crippen molar-refractivity contribution in [1.29, 1.82) is 0 Å². The highest BCUT2D eigenvalue weighted by atomic mass is 16.2. The molecule has 12 heavy (non-hydrogen) atoms. The third kappa shape index (κ3) is 23.1. The molecular weight excluding hydrogens is 154 g/mol. The quantitative estimate of drug-likeness (QED) is 0.374. The van der Waals surface area contributed by atoms with Gasteiger partial charge in [-0.3, -0.25) is 4.79 Å². The monoisotopic (exact) mass is 173 g/mol. The average molecular weight is 173 g/mol. The Bertz CT molecular complexity index is 137. The van der Waals surface area contributed by atoms with Crippen molar-refractivity contribution < 1.29 is 4.79 Å². The molecule has 0 bridgehead atoms. The van der Waals surface area contributed by atoms with Crippen molar-refractivity contribution in [3.63, 3.8) is 0 Å². The van der Waals surface area contributed by atoms with Gasteiger partial charge in [0.25, 0.3) is 0 Å². The molecule has 0 aromatic carbocycles. The maximum atomic E-state index is 10.1. The summed E-state index contributed by atoms with van der Waals surface area (Å²) in [5.74, 6) is 0.134. The second-order valence-corrected chi connectivity index (χ2v) is 2.42. The van der Waals surface area contributed by atoms with Gasteiger partial charge < -0.3 is 5.73 Å². The summed E-state index contributed by atoms with van der Waals surface area (Å²) < 4.78 is 0. The normalized spacial score (nSPS) is 9.83. The predicted octanol–water partition coefficient (Wildman–Crippen LogP) is 1.22. The van der Waals surface area contributed by atoms with Gasteiger partial charge in [-0.2, -0.15) is 5.10 Å². The standard InChI is InChI=1S/C4H9N3O.C4H10/c1-3(5)6-7-4(2)8;1-3-4-2/h1-2H3,(H2,5,6)(H,7,8);3-4H2,1-2H3. The number of nitrogens with two attached hydrogens (primary N) is 1.